The van der Waals surface area contributed by atoms with E-state index >= 15 is 0 Å². The monoisotopic (exact) mass is 253 g/mol. The van der Waals surface area contributed by atoms with Crippen LogP contribution in [0.3, 0.4) is 0 Å². The van der Waals surface area contributed by atoms with Crippen LogP contribution < -0.4 is 4.74 Å². The molecule has 0 bridgehead atoms. The smallest absolute Gasteiger partial charge is 0.183 e. The predicted octanol–water partition coefficient (Wildman–Crippen LogP) is 2.00. The summed E-state index contributed by atoms with van der Waals surface area (Å²) in [6.45, 7) is 3.61. The molecule has 0 aliphatic carbocycles. The third-order valence-corrected chi connectivity index (χ3v) is 4.29. The Morgan fingerprint density at radius 2 is 2.00 bits per heavy atom. The Bertz CT molecular complexity index is 556. The molecule has 92 valence electrons. The molecule has 0 aromatic heterocycles. The van der Waals surface area contributed by atoms with Crippen LogP contribution in [0, 0.1) is 25.2 Å². The van der Waals surface area contributed by atoms with E-state index in [1.165, 1.54) is 7.11 Å². The van der Waals surface area contributed by atoms with Gasteiger partial charge in [-0.1, -0.05) is 6.07 Å². The largest absolute Gasteiger partial charge is 0.495 e. The van der Waals surface area contributed by atoms with E-state index in [-0.39, 0.29) is 17.1 Å². The van der Waals surface area contributed by atoms with Gasteiger partial charge in [0.15, 0.2) is 9.84 Å². The maximum Gasteiger partial charge on any atom is 0.183 e. The molecule has 0 aliphatic heterocycles. The summed E-state index contributed by atoms with van der Waals surface area (Å²) in [5.74, 6) is 0.171. The van der Waals surface area contributed by atoms with Gasteiger partial charge in [-0.25, -0.2) is 8.42 Å². The van der Waals surface area contributed by atoms with Gasteiger partial charge in [-0.15, -0.1) is 0 Å². The van der Waals surface area contributed by atoms with Gasteiger partial charge in [-0.05, 0) is 31.0 Å². The zero-order valence-corrected chi connectivity index (χ0v) is 11.0. The number of methoxy groups -OCH3 is 1. The van der Waals surface area contributed by atoms with Gasteiger partial charge in [-0.2, -0.15) is 5.26 Å². The van der Waals surface area contributed by atoms with Crippen molar-refractivity contribution in [2.24, 2.45) is 0 Å². The zero-order valence-electron chi connectivity index (χ0n) is 10.1. The summed E-state index contributed by atoms with van der Waals surface area (Å²) >= 11 is 0. The van der Waals surface area contributed by atoms with Gasteiger partial charge >= 0.3 is 0 Å². The normalized spacial score (nSPS) is 10.9. The predicted molar refractivity (Wildman–Crippen MR) is 64.8 cm³/mol. The molecular formula is C12H15NO3S. The fourth-order valence-corrected chi connectivity index (χ4v) is 3.31. The van der Waals surface area contributed by atoms with Crippen molar-refractivity contribution in [1.29, 1.82) is 5.26 Å². The van der Waals surface area contributed by atoms with Crippen LogP contribution in [-0.4, -0.2) is 21.3 Å². The summed E-state index contributed by atoms with van der Waals surface area (Å²) in [5.41, 5.74) is 1.60. The third kappa shape index (κ3) is 2.98. The Morgan fingerprint density at radius 3 is 2.53 bits per heavy atom. The number of benzene rings is 1. The van der Waals surface area contributed by atoms with Crippen LogP contribution >= 0.6 is 0 Å². The average Bonchev–Trinajstić information content (AvgIpc) is 2.24. The van der Waals surface area contributed by atoms with E-state index in [1.807, 2.05) is 13.0 Å². The Balaban J connectivity index is 3.36. The van der Waals surface area contributed by atoms with Crippen LogP contribution in [0.1, 0.15) is 17.5 Å². The molecule has 1 aromatic rings. The highest BCUT2D eigenvalue weighted by atomic mass is 32.2. The summed E-state index contributed by atoms with van der Waals surface area (Å²) in [7, 11) is -2.02. The average molecular weight is 253 g/mol. The van der Waals surface area contributed by atoms with E-state index in [4.69, 9.17) is 10.00 Å². The minimum atomic E-state index is -3.46. The fourth-order valence-electron chi connectivity index (χ4n) is 1.75. The molecule has 1 rings (SSSR count). The van der Waals surface area contributed by atoms with E-state index in [0.717, 1.165) is 5.56 Å². The van der Waals surface area contributed by atoms with Crippen molar-refractivity contribution in [1.82, 2.24) is 0 Å². The van der Waals surface area contributed by atoms with Crippen LogP contribution in [0.4, 0.5) is 0 Å². The van der Waals surface area contributed by atoms with Gasteiger partial charge < -0.3 is 4.74 Å². The summed E-state index contributed by atoms with van der Waals surface area (Å²) < 4.78 is 29.3. The summed E-state index contributed by atoms with van der Waals surface area (Å²) in [6, 6.07) is 5.32. The molecular weight excluding hydrogens is 238 g/mol. The number of nitriles is 1. The highest BCUT2D eigenvalue weighted by molar-refractivity contribution is 7.91. The molecule has 0 amide bonds. The molecule has 0 atom stereocenters. The standard InChI is InChI=1S/C12H15NO3S/c1-9-7-10(2)12(11(8-9)16-3)17(14,15)6-4-5-13/h7-8H,4,6H2,1-3H3. The molecule has 17 heavy (non-hydrogen) atoms. The SMILES string of the molecule is COc1cc(C)cc(C)c1S(=O)(=O)CCC#N. The summed E-state index contributed by atoms with van der Waals surface area (Å²) in [4.78, 5) is 0.195. The molecule has 0 radical (unpaired) electrons. The lowest BCUT2D eigenvalue weighted by atomic mass is 10.1. The number of sulfone groups is 1. The van der Waals surface area contributed by atoms with Gasteiger partial charge in [0.1, 0.15) is 10.6 Å². The first kappa shape index (κ1) is 13.5. The van der Waals surface area contributed by atoms with Crippen LogP contribution in [0.5, 0.6) is 5.75 Å². The maximum atomic E-state index is 12.1. The lowest BCUT2D eigenvalue weighted by Gasteiger charge is -2.12. The highest BCUT2D eigenvalue weighted by Gasteiger charge is 2.22. The van der Waals surface area contributed by atoms with Gasteiger partial charge in [-0.3, -0.25) is 0 Å². The van der Waals surface area contributed by atoms with Crippen molar-refractivity contribution in [2.45, 2.75) is 25.2 Å². The lowest BCUT2D eigenvalue weighted by molar-refractivity contribution is 0.401. The van der Waals surface area contributed by atoms with E-state index in [2.05, 4.69) is 0 Å². The molecule has 4 nitrogen and oxygen atoms in total. The second kappa shape index (κ2) is 5.19. The van der Waals surface area contributed by atoms with Crippen LogP contribution in [-0.2, 0) is 9.84 Å². The van der Waals surface area contributed by atoms with E-state index in [1.54, 1.807) is 19.1 Å². The van der Waals surface area contributed by atoms with Crippen molar-refractivity contribution in [3.8, 4) is 11.8 Å². The first-order valence-corrected chi connectivity index (χ1v) is 6.82. The van der Waals surface area contributed by atoms with Crippen molar-refractivity contribution in [3.05, 3.63) is 23.3 Å². The molecule has 0 saturated carbocycles. The first-order valence-electron chi connectivity index (χ1n) is 5.17. The zero-order chi connectivity index (χ0) is 13.1. The van der Waals surface area contributed by atoms with Gasteiger partial charge in [0.05, 0.1) is 18.9 Å². The van der Waals surface area contributed by atoms with Gasteiger partial charge in [0.2, 0.25) is 0 Å². The van der Waals surface area contributed by atoms with Crippen molar-refractivity contribution in [2.75, 3.05) is 12.9 Å². The Kier molecular flexibility index (Phi) is 4.13. The number of rotatable bonds is 4. The maximum absolute atomic E-state index is 12.1. The quantitative estimate of drug-likeness (QED) is 0.823. The second-order valence-corrected chi connectivity index (χ2v) is 5.89. The number of ether oxygens (including phenoxy) is 1. The molecule has 5 heteroatoms. The molecule has 0 heterocycles. The number of hydrogen-bond acceptors (Lipinski definition) is 4. The third-order valence-electron chi connectivity index (χ3n) is 2.40. The van der Waals surface area contributed by atoms with E-state index < -0.39 is 9.84 Å². The van der Waals surface area contributed by atoms with Crippen LogP contribution in [0.25, 0.3) is 0 Å². The summed E-state index contributed by atoms with van der Waals surface area (Å²) in [6.07, 6.45) is -0.0151. The molecule has 0 unspecified atom stereocenters. The Labute approximate surface area is 102 Å². The Morgan fingerprint density at radius 1 is 1.35 bits per heavy atom. The molecule has 0 aliphatic rings. The van der Waals surface area contributed by atoms with Crippen molar-refractivity contribution in [3.63, 3.8) is 0 Å². The van der Waals surface area contributed by atoms with E-state index in [0.29, 0.717) is 11.3 Å². The molecule has 0 spiro atoms. The second-order valence-electron chi connectivity index (χ2n) is 3.84. The molecule has 0 saturated heterocycles. The molecule has 1 aromatic carbocycles. The molecule has 0 N–H and O–H groups in total. The fraction of sp³-hybridized carbons (Fsp3) is 0.417. The highest BCUT2D eigenvalue weighted by Crippen LogP contribution is 2.29. The number of nitrogens with zero attached hydrogens (tertiary/aromatic N) is 1. The van der Waals surface area contributed by atoms with Crippen molar-refractivity contribution < 1.29 is 13.2 Å². The number of aryl methyl sites for hydroxylation is 2. The molecule has 0 fully saturated rings. The summed E-state index contributed by atoms with van der Waals surface area (Å²) in [5, 5.41) is 8.47. The Hall–Kier alpha value is -1.54. The minimum Gasteiger partial charge on any atom is -0.495 e. The minimum absolute atomic E-state index is 0.0151. The van der Waals surface area contributed by atoms with Gasteiger partial charge in [0.25, 0.3) is 0 Å². The van der Waals surface area contributed by atoms with Crippen LogP contribution in [0.2, 0.25) is 0 Å². The first-order chi connectivity index (χ1) is 7.92. The lowest BCUT2D eigenvalue weighted by Crippen LogP contribution is -2.10. The van der Waals surface area contributed by atoms with Crippen LogP contribution in [0.15, 0.2) is 17.0 Å². The van der Waals surface area contributed by atoms with Gasteiger partial charge in [0, 0.05) is 6.42 Å². The topological polar surface area (TPSA) is 67.2 Å². The van der Waals surface area contributed by atoms with Crippen molar-refractivity contribution >= 4 is 9.84 Å². The van der Waals surface area contributed by atoms with E-state index in [9.17, 15) is 8.42 Å². The number of hydrogen-bond donors (Lipinski definition) is 0.